The summed E-state index contributed by atoms with van der Waals surface area (Å²) < 4.78 is 31.5. The summed E-state index contributed by atoms with van der Waals surface area (Å²) in [6, 6.07) is 8.08. The number of oxazole rings is 1. The molecule has 0 saturated carbocycles. The number of nitrogens with one attached hydrogen (secondary N) is 1. The summed E-state index contributed by atoms with van der Waals surface area (Å²) in [6.07, 6.45) is 2.12. The number of H-pyrrole nitrogens is 1. The lowest BCUT2D eigenvalue weighted by Crippen LogP contribution is -2.29. The van der Waals surface area contributed by atoms with Crippen molar-refractivity contribution >= 4 is 32.7 Å². The Hall–Kier alpha value is -2.16. The van der Waals surface area contributed by atoms with E-state index in [-0.39, 0.29) is 22.0 Å². The number of rotatable bonds is 5. The Morgan fingerprint density at radius 3 is 2.83 bits per heavy atom. The molecule has 2 aromatic heterocycles. The monoisotopic (exact) mass is 367 g/mol. The van der Waals surface area contributed by atoms with E-state index >= 15 is 0 Å². The third-order valence-electron chi connectivity index (χ3n) is 3.57. The number of aromatic nitrogens is 2. The summed E-state index contributed by atoms with van der Waals surface area (Å²) in [7, 11) is -2.36. The molecule has 0 atom stereocenters. The minimum Gasteiger partial charge on any atom is -0.408 e. The van der Waals surface area contributed by atoms with E-state index in [4.69, 9.17) is 16.0 Å². The second-order valence-electron chi connectivity index (χ2n) is 5.19. The third kappa shape index (κ3) is 3.21. The number of likely N-dealkylation sites (N-methyl/N-ethyl adjacent to an activating group) is 1. The summed E-state index contributed by atoms with van der Waals surface area (Å²) in [4.78, 5) is 17.7. The van der Waals surface area contributed by atoms with Gasteiger partial charge in [0, 0.05) is 38.0 Å². The van der Waals surface area contributed by atoms with Gasteiger partial charge in [-0.05, 0) is 18.2 Å². The molecule has 9 heteroatoms. The van der Waals surface area contributed by atoms with Gasteiger partial charge < -0.3 is 4.42 Å². The van der Waals surface area contributed by atoms with Gasteiger partial charge in [0.25, 0.3) is 0 Å². The molecule has 3 aromatic rings. The van der Waals surface area contributed by atoms with E-state index in [0.717, 1.165) is 5.69 Å². The molecule has 0 bridgehead atoms. The molecule has 1 N–H and O–H groups in total. The number of nitrogens with zero attached hydrogens (tertiary/aromatic N) is 2. The highest BCUT2D eigenvalue weighted by molar-refractivity contribution is 7.89. The van der Waals surface area contributed by atoms with Crippen molar-refractivity contribution in [2.24, 2.45) is 0 Å². The summed E-state index contributed by atoms with van der Waals surface area (Å²) in [5, 5.41) is 0.0178. The molecule has 126 valence electrons. The van der Waals surface area contributed by atoms with E-state index in [1.807, 2.05) is 12.1 Å². The van der Waals surface area contributed by atoms with Crippen LogP contribution in [0, 0.1) is 0 Å². The minimum atomic E-state index is -3.82. The molecule has 0 fully saturated rings. The van der Waals surface area contributed by atoms with Crippen LogP contribution in [0.5, 0.6) is 0 Å². The van der Waals surface area contributed by atoms with Crippen LogP contribution in [0.3, 0.4) is 0 Å². The maximum atomic E-state index is 12.7. The molecule has 2 heterocycles. The third-order valence-corrected chi connectivity index (χ3v) is 5.89. The Labute approximate surface area is 142 Å². The lowest BCUT2D eigenvalue weighted by molar-refractivity contribution is 0.471. The summed E-state index contributed by atoms with van der Waals surface area (Å²) in [5.41, 5.74) is 1.28. The van der Waals surface area contributed by atoms with Gasteiger partial charge in [0.1, 0.15) is 4.90 Å². The Morgan fingerprint density at radius 2 is 2.12 bits per heavy atom. The lowest BCUT2D eigenvalue weighted by Gasteiger charge is -2.17. The lowest BCUT2D eigenvalue weighted by atomic mass is 10.3. The number of aromatic amines is 1. The molecule has 7 nitrogen and oxygen atoms in total. The second-order valence-corrected chi connectivity index (χ2v) is 7.61. The van der Waals surface area contributed by atoms with Gasteiger partial charge in [0.05, 0.1) is 10.5 Å². The number of pyridine rings is 1. The van der Waals surface area contributed by atoms with Gasteiger partial charge in [-0.2, -0.15) is 0 Å². The van der Waals surface area contributed by atoms with Gasteiger partial charge in [-0.25, -0.2) is 17.5 Å². The molecule has 0 amide bonds. The van der Waals surface area contributed by atoms with E-state index in [9.17, 15) is 13.2 Å². The fraction of sp³-hybridized carbons (Fsp3) is 0.200. The zero-order chi connectivity index (χ0) is 17.3. The van der Waals surface area contributed by atoms with E-state index in [1.54, 1.807) is 12.3 Å². The SMILES string of the molecule is CN(CCc1ccccn1)S(=O)(=O)c1cc2oc(=O)[nH]c2cc1Cl. The van der Waals surface area contributed by atoms with Crippen molar-refractivity contribution in [3.05, 3.63) is 57.8 Å². The Kier molecular flexibility index (Phi) is 4.44. The first kappa shape index (κ1) is 16.7. The first-order chi connectivity index (χ1) is 11.4. The molecule has 1 aromatic carbocycles. The van der Waals surface area contributed by atoms with Gasteiger partial charge in [0.15, 0.2) is 5.58 Å². The van der Waals surface area contributed by atoms with E-state index < -0.39 is 15.8 Å². The van der Waals surface area contributed by atoms with Crippen molar-refractivity contribution in [1.82, 2.24) is 14.3 Å². The molecule has 3 rings (SSSR count). The first-order valence-electron chi connectivity index (χ1n) is 7.06. The van der Waals surface area contributed by atoms with Crippen molar-refractivity contribution < 1.29 is 12.8 Å². The topological polar surface area (TPSA) is 96.3 Å². The molecule has 0 spiro atoms. The van der Waals surface area contributed by atoms with Crippen molar-refractivity contribution in [2.45, 2.75) is 11.3 Å². The zero-order valence-electron chi connectivity index (χ0n) is 12.7. The van der Waals surface area contributed by atoms with Crippen LogP contribution in [0.4, 0.5) is 0 Å². The van der Waals surface area contributed by atoms with Crippen LogP contribution in [-0.4, -0.2) is 36.3 Å². The van der Waals surface area contributed by atoms with Gasteiger partial charge >= 0.3 is 5.76 Å². The van der Waals surface area contributed by atoms with Crippen LogP contribution >= 0.6 is 11.6 Å². The summed E-state index contributed by atoms with van der Waals surface area (Å²) in [5.74, 6) is -0.667. The first-order valence-corrected chi connectivity index (χ1v) is 8.88. The Morgan fingerprint density at radius 1 is 1.33 bits per heavy atom. The highest BCUT2D eigenvalue weighted by Gasteiger charge is 2.25. The van der Waals surface area contributed by atoms with Gasteiger partial charge in [0.2, 0.25) is 10.0 Å². The fourth-order valence-electron chi connectivity index (χ4n) is 2.26. The van der Waals surface area contributed by atoms with Crippen LogP contribution in [0.15, 0.2) is 50.6 Å². The van der Waals surface area contributed by atoms with E-state index in [1.165, 1.54) is 23.5 Å². The Bertz CT molecular complexity index is 1030. The molecule has 0 aliphatic rings. The summed E-state index contributed by atoms with van der Waals surface area (Å²) >= 11 is 6.08. The molecule has 0 unspecified atom stereocenters. The molecular weight excluding hydrogens is 354 g/mol. The van der Waals surface area contributed by atoms with Crippen LogP contribution < -0.4 is 5.76 Å². The average molecular weight is 368 g/mol. The Balaban J connectivity index is 1.89. The number of benzene rings is 1. The van der Waals surface area contributed by atoms with Crippen LogP contribution in [0.25, 0.3) is 11.1 Å². The van der Waals surface area contributed by atoms with Gasteiger partial charge in [-0.1, -0.05) is 17.7 Å². The number of sulfonamides is 1. The van der Waals surface area contributed by atoms with E-state index in [0.29, 0.717) is 11.9 Å². The second kappa shape index (κ2) is 6.39. The van der Waals surface area contributed by atoms with Crippen LogP contribution in [0.1, 0.15) is 5.69 Å². The smallest absolute Gasteiger partial charge is 0.408 e. The fourth-order valence-corrected chi connectivity index (χ4v) is 3.94. The van der Waals surface area contributed by atoms with Gasteiger partial charge in [-0.15, -0.1) is 0 Å². The number of halogens is 1. The predicted octanol–water partition coefficient (Wildman–Crippen LogP) is 2.03. The zero-order valence-corrected chi connectivity index (χ0v) is 14.3. The van der Waals surface area contributed by atoms with E-state index in [2.05, 4.69) is 9.97 Å². The normalized spacial score (nSPS) is 12.1. The van der Waals surface area contributed by atoms with Crippen LogP contribution in [-0.2, 0) is 16.4 Å². The molecule has 0 aliphatic heterocycles. The standard InChI is InChI=1S/C15H14ClN3O4S/c1-19(7-5-10-4-2-3-6-17-10)24(21,22)14-9-13-12(8-11(14)16)18-15(20)23-13/h2-4,6,8-9H,5,7H2,1H3,(H,18,20). The molecule has 0 saturated heterocycles. The number of hydrogen-bond donors (Lipinski definition) is 1. The molecule has 24 heavy (non-hydrogen) atoms. The maximum Gasteiger partial charge on any atom is 0.417 e. The molecular formula is C15H14ClN3O4S. The van der Waals surface area contributed by atoms with Crippen molar-refractivity contribution in [3.63, 3.8) is 0 Å². The van der Waals surface area contributed by atoms with Crippen molar-refractivity contribution in [3.8, 4) is 0 Å². The minimum absolute atomic E-state index is 0.0178. The highest BCUT2D eigenvalue weighted by atomic mass is 35.5. The predicted molar refractivity (Wildman–Crippen MR) is 89.6 cm³/mol. The quantitative estimate of drug-likeness (QED) is 0.744. The summed E-state index contributed by atoms with van der Waals surface area (Å²) in [6.45, 7) is 0.241. The van der Waals surface area contributed by atoms with Gasteiger partial charge in [-0.3, -0.25) is 9.97 Å². The maximum absolute atomic E-state index is 12.7. The van der Waals surface area contributed by atoms with Crippen molar-refractivity contribution in [2.75, 3.05) is 13.6 Å². The molecule has 0 aliphatic carbocycles. The number of fused-ring (bicyclic) bond motifs is 1. The molecule has 0 radical (unpaired) electrons. The van der Waals surface area contributed by atoms with Crippen molar-refractivity contribution in [1.29, 1.82) is 0 Å². The number of hydrogen-bond acceptors (Lipinski definition) is 5. The highest BCUT2D eigenvalue weighted by Crippen LogP contribution is 2.28. The largest absolute Gasteiger partial charge is 0.417 e. The average Bonchev–Trinajstić information content (AvgIpc) is 2.91. The van der Waals surface area contributed by atoms with Crippen LogP contribution in [0.2, 0.25) is 5.02 Å².